The minimum absolute atomic E-state index is 0. The van der Waals surface area contributed by atoms with Crippen LogP contribution in [0.15, 0.2) is 28.6 Å². The lowest BCUT2D eigenvalue weighted by Crippen LogP contribution is -2.38. The predicted octanol–water partition coefficient (Wildman–Crippen LogP) is 4.53. The molecule has 4 nitrogen and oxygen atoms in total. The van der Waals surface area contributed by atoms with Crippen molar-refractivity contribution in [3.05, 3.63) is 51.5 Å². The van der Waals surface area contributed by atoms with E-state index in [2.05, 4.69) is 20.6 Å². The Balaban J connectivity index is 0.00000364. The first-order valence-corrected chi connectivity index (χ1v) is 8.49. The fourth-order valence-corrected chi connectivity index (χ4v) is 2.90. The number of halogens is 6. The van der Waals surface area contributed by atoms with E-state index in [4.69, 9.17) is 0 Å². The van der Waals surface area contributed by atoms with E-state index in [-0.39, 0.29) is 41.4 Å². The summed E-state index contributed by atoms with van der Waals surface area (Å²) in [6.07, 6.45) is -4.47. The molecule has 0 saturated carbocycles. The highest BCUT2D eigenvalue weighted by atomic mass is 127. The van der Waals surface area contributed by atoms with Crippen LogP contribution >= 0.6 is 35.3 Å². The molecule has 0 spiro atoms. The van der Waals surface area contributed by atoms with Crippen LogP contribution in [0, 0.1) is 11.6 Å². The molecule has 11 heteroatoms. The van der Waals surface area contributed by atoms with Crippen LogP contribution < -0.4 is 10.6 Å². The molecule has 0 saturated heterocycles. The molecule has 2 N–H and O–H groups in total. The van der Waals surface area contributed by atoms with Crippen molar-refractivity contribution in [1.82, 2.24) is 15.6 Å². The van der Waals surface area contributed by atoms with E-state index < -0.39 is 23.5 Å². The number of nitrogens with zero attached hydrogens (tertiary/aromatic N) is 2. The molecule has 1 atom stereocenters. The maximum Gasteiger partial charge on any atom is 0.434 e. The minimum atomic E-state index is -4.47. The quantitative estimate of drug-likeness (QED) is 0.264. The molecule has 0 amide bonds. The third-order valence-electron chi connectivity index (χ3n) is 3.54. The maximum absolute atomic E-state index is 13.8. The third-order valence-corrected chi connectivity index (χ3v) is 4.39. The Hall–Kier alpha value is -1.50. The molecule has 2 rings (SSSR count). The second-order valence-corrected chi connectivity index (χ2v) is 6.44. The molecule has 0 bridgehead atoms. The van der Waals surface area contributed by atoms with Gasteiger partial charge >= 0.3 is 6.18 Å². The Morgan fingerprint density at radius 1 is 1.26 bits per heavy atom. The SMILES string of the molecule is CN=C(NCc1nc(C(F)(F)F)cs1)NCC(C)c1ccc(F)cc1F.I. The molecule has 150 valence electrons. The Bertz CT molecular complexity index is 778. The first-order chi connectivity index (χ1) is 12.2. The molecule has 0 fully saturated rings. The number of thiazole rings is 1. The molecule has 1 unspecified atom stereocenters. The van der Waals surface area contributed by atoms with Crippen LogP contribution in [0.1, 0.15) is 29.1 Å². The Morgan fingerprint density at radius 3 is 2.52 bits per heavy atom. The summed E-state index contributed by atoms with van der Waals surface area (Å²) in [5.41, 5.74) is -0.577. The predicted molar refractivity (Wildman–Crippen MR) is 106 cm³/mol. The first-order valence-electron chi connectivity index (χ1n) is 7.61. The topological polar surface area (TPSA) is 49.3 Å². The average Bonchev–Trinajstić information content (AvgIpc) is 3.04. The summed E-state index contributed by atoms with van der Waals surface area (Å²) in [6, 6.07) is 3.38. The Kier molecular flexibility index (Phi) is 8.85. The largest absolute Gasteiger partial charge is 0.434 e. The van der Waals surface area contributed by atoms with Crippen LogP contribution in [0.4, 0.5) is 22.0 Å². The minimum Gasteiger partial charge on any atom is -0.356 e. The molecular formula is C16H18F5IN4S. The number of guanidine groups is 1. The zero-order valence-electron chi connectivity index (χ0n) is 14.4. The summed E-state index contributed by atoms with van der Waals surface area (Å²) in [6.45, 7) is 2.13. The van der Waals surface area contributed by atoms with E-state index in [1.165, 1.54) is 19.2 Å². The summed E-state index contributed by atoms with van der Waals surface area (Å²) < 4.78 is 64.3. The normalized spacial score (nSPS) is 13.1. The summed E-state index contributed by atoms with van der Waals surface area (Å²) in [7, 11) is 1.50. The van der Waals surface area contributed by atoms with Gasteiger partial charge in [0.05, 0.1) is 6.54 Å². The van der Waals surface area contributed by atoms with Crippen molar-refractivity contribution in [1.29, 1.82) is 0 Å². The lowest BCUT2D eigenvalue weighted by Gasteiger charge is -2.16. The van der Waals surface area contributed by atoms with E-state index >= 15 is 0 Å². The second kappa shape index (κ2) is 10.2. The third kappa shape index (κ3) is 6.87. The van der Waals surface area contributed by atoms with Gasteiger partial charge in [-0.3, -0.25) is 4.99 Å². The molecule has 0 aliphatic rings. The fraction of sp³-hybridized carbons (Fsp3) is 0.375. The number of hydrogen-bond acceptors (Lipinski definition) is 3. The second-order valence-electron chi connectivity index (χ2n) is 5.50. The molecule has 0 radical (unpaired) electrons. The van der Waals surface area contributed by atoms with Gasteiger partial charge in [-0.2, -0.15) is 13.2 Å². The monoisotopic (exact) mass is 520 g/mol. The van der Waals surface area contributed by atoms with Gasteiger partial charge in [-0.25, -0.2) is 13.8 Å². The highest BCUT2D eigenvalue weighted by Crippen LogP contribution is 2.29. The van der Waals surface area contributed by atoms with Crippen LogP contribution in [0.2, 0.25) is 0 Å². The highest BCUT2D eigenvalue weighted by molar-refractivity contribution is 14.0. The van der Waals surface area contributed by atoms with Crippen molar-refractivity contribution < 1.29 is 22.0 Å². The van der Waals surface area contributed by atoms with Crippen molar-refractivity contribution in [3.8, 4) is 0 Å². The van der Waals surface area contributed by atoms with Crippen molar-refractivity contribution in [2.45, 2.75) is 25.6 Å². The molecule has 0 aliphatic heterocycles. The average molecular weight is 520 g/mol. The maximum atomic E-state index is 13.8. The van der Waals surface area contributed by atoms with Crippen LogP contribution in [0.3, 0.4) is 0 Å². The number of aromatic nitrogens is 1. The highest BCUT2D eigenvalue weighted by Gasteiger charge is 2.33. The molecule has 1 aromatic carbocycles. The summed E-state index contributed by atoms with van der Waals surface area (Å²) in [5, 5.41) is 7.01. The zero-order valence-corrected chi connectivity index (χ0v) is 17.5. The summed E-state index contributed by atoms with van der Waals surface area (Å²) in [4.78, 5) is 7.47. The van der Waals surface area contributed by atoms with Gasteiger partial charge in [-0.15, -0.1) is 35.3 Å². The standard InChI is InChI=1S/C16H17F5N4S.HI/c1-9(11-4-3-10(17)5-12(11)18)6-23-15(22-2)24-7-14-25-13(8-26-14)16(19,20)21;/h3-5,8-9H,6-7H2,1-2H3,(H2,22,23,24);1H. The van der Waals surface area contributed by atoms with Crippen LogP contribution in [0.25, 0.3) is 0 Å². The van der Waals surface area contributed by atoms with Crippen molar-refractivity contribution in [2.24, 2.45) is 4.99 Å². The first kappa shape index (κ1) is 23.5. The van der Waals surface area contributed by atoms with E-state index in [0.717, 1.165) is 22.8 Å². The van der Waals surface area contributed by atoms with E-state index in [1.807, 2.05) is 0 Å². The van der Waals surface area contributed by atoms with Gasteiger partial charge < -0.3 is 10.6 Å². The van der Waals surface area contributed by atoms with E-state index in [9.17, 15) is 22.0 Å². The fourth-order valence-electron chi connectivity index (χ4n) is 2.16. The number of alkyl halides is 3. The lowest BCUT2D eigenvalue weighted by molar-refractivity contribution is -0.140. The number of rotatable bonds is 5. The lowest BCUT2D eigenvalue weighted by atomic mass is 10.0. The van der Waals surface area contributed by atoms with Crippen molar-refractivity contribution in [2.75, 3.05) is 13.6 Å². The van der Waals surface area contributed by atoms with Gasteiger partial charge in [0, 0.05) is 31.0 Å². The smallest absolute Gasteiger partial charge is 0.356 e. The number of hydrogen-bond donors (Lipinski definition) is 2. The number of nitrogens with one attached hydrogen (secondary N) is 2. The van der Waals surface area contributed by atoms with Crippen molar-refractivity contribution in [3.63, 3.8) is 0 Å². The van der Waals surface area contributed by atoms with Crippen LogP contribution in [0.5, 0.6) is 0 Å². The summed E-state index contributed by atoms with van der Waals surface area (Å²) in [5.74, 6) is -1.22. The summed E-state index contributed by atoms with van der Waals surface area (Å²) >= 11 is 0.892. The Labute approximate surface area is 174 Å². The van der Waals surface area contributed by atoms with Gasteiger partial charge in [0.2, 0.25) is 0 Å². The van der Waals surface area contributed by atoms with Gasteiger partial charge in [0.15, 0.2) is 11.7 Å². The number of aliphatic imine (C=N–C) groups is 1. The van der Waals surface area contributed by atoms with E-state index in [0.29, 0.717) is 18.1 Å². The van der Waals surface area contributed by atoms with Gasteiger partial charge in [-0.1, -0.05) is 13.0 Å². The van der Waals surface area contributed by atoms with Crippen LogP contribution in [-0.4, -0.2) is 24.5 Å². The zero-order chi connectivity index (χ0) is 19.3. The van der Waals surface area contributed by atoms with Gasteiger partial charge in [0.25, 0.3) is 0 Å². The molecule has 27 heavy (non-hydrogen) atoms. The molecular weight excluding hydrogens is 502 g/mol. The Morgan fingerprint density at radius 2 is 1.96 bits per heavy atom. The van der Waals surface area contributed by atoms with Gasteiger partial charge in [-0.05, 0) is 11.6 Å². The molecule has 2 aromatic rings. The van der Waals surface area contributed by atoms with E-state index in [1.54, 1.807) is 6.92 Å². The molecule has 1 aromatic heterocycles. The molecule has 1 heterocycles. The van der Waals surface area contributed by atoms with Crippen molar-refractivity contribution >= 4 is 41.3 Å². The number of benzene rings is 1. The van der Waals surface area contributed by atoms with Crippen LogP contribution in [-0.2, 0) is 12.7 Å². The molecule has 0 aliphatic carbocycles. The van der Waals surface area contributed by atoms with Gasteiger partial charge in [0.1, 0.15) is 16.6 Å².